The van der Waals surface area contributed by atoms with Gasteiger partial charge in [-0.05, 0) is 32.9 Å². The Morgan fingerprint density at radius 1 is 1.26 bits per heavy atom. The number of rotatable bonds is 1. The second-order valence-corrected chi connectivity index (χ2v) is 6.41. The van der Waals surface area contributed by atoms with E-state index >= 15 is 0 Å². The van der Waals surface area contributed by atoms with E-state index in [9.17, 15) is 14.0 Å². The van der Waals surface area contributed by atoms with Crippen LogP contribution in [0.15, 0.2) is 30.5 Å². The van der Waals surface area contributed by atoms with Gasteiger partial charge in [0, 0.05) is 17.3 Å². The summed E-state index contributed by atoms with van der Waals surface area (Å²) in [7, 11) is 0. The first-order valence-electron chi connectivity index (χ1n) is 7.28. The Labute approximate surface area is 133 Å². The fraction of sp³-hybridized carbons (Fsp3) is 0.294. The minimum Gasteiger partial charge on any atom is -0.443 e. The maximum atomic E-state index is 14.0. The lowest BCUT2D eigenvalue weighted by molar-refractivity contribution is 0.0248. The van der Waals surface area contributed by atoms with Crippen LogP contribution >= 0.6 is 0 Å². The van der Waals surface area contributed by atoms with Crippen LogP contribution in [-0.4, -0.2) is 27.5 Å². The van der Waals surface area contributed by atoms with Crippen molar-refractivity contribution >= 4 is 12.0 Å². The van der Waals surface area contributed by atoms with Crippen molar-refractivity contribution in [1.29, 1.82) is 0 Å². The summed E-state index contributed by atoms with van der Waals surface area (Å²) in [5.74, 6) is -0.826. The first kappa shape index (κ1) is 15.3. The van der Waals surface area contributed by atoms with Gasteiger partial charge in [0.05, 0.1) is 17.8 Å². The Balaban J connectivity index is 1.93. The monoisotopic (exact) mass is 316 g/mol. The average molecular weight is 316 g/mol. The van der Waals surface area contributed by atoms with Gasteiger partial charge in [0.2, 0.25) is 0 Å². The summed E-state index contributed by atoms with van der Waals surface area (Å²) in [5, 5.41) is 0. The van der Waals surface area contributed by atoms with E-state index < -0.39 is 17.6 Å². The van der Waals surface area contributed by atoms with E-state index in [1.807, 2.05) is 0 Å². The molecule has 0 radical (unpaired) electrons. The zero-order valence-electron chi connectivity index (χ0n) is 13.1. The Hall–Kier alpha value is -2.63. The Morgan fingerprint density at radius 2 is 1.96 bits per heavy atom. The number of imide groups is 1. The summed E-state index contributed by atoms with van der Waals surface area (Å²) in [6.45, 7) is 5.27. The summed E-state index contributed by atoms with van der Waals surface area (Å²) in [5.41, 5.74) is 1.16. The lowest BCUT2D eigenvalue weighted by Crippen LogP contribution is -2.37. The molecule has 0 unspecified atom stereocenters. The number of amides is 2. The number of nitrogens with one attached hydrogen (secondary N) is 1. The second kappa shape index (κ2) is 5.22. The number of hydrogen-bond acceptors (Lipinski definition) is 3. The van der Waals surface area contributed by atoms with E-state index in [0.717, 1.165) is 4.90 Å². The van der Waals surface area contributed by atoms with Crippen molar-refractivity contribution < 1.29 is 18.7 Å². The number of halogens is 1. The molecule has 23 heavy (non-hydrogen) atoms. The Kier molecular flexibility index (Phi) is 3.47. The summed E-state index contributed by atoms with van der Waals surface area (Å²) in [6.07, 6.45) is 0.808. The van der Waals surface area contributed by atoms with Crippen LogP contribution in [0, 0.1) is 5.82 Å². The molecule has 2 amide bonds. The summed E-state index contributed by atoms with van der Waals surface area (Å²) in [4.78, 5) is 28.5. The number of benzene rings is 1. The number of H-pyrrole nitrogens is 1. The lowest BCUT2D eigenvalue weighted by Gasteiger charge is -2.23. The number of nitrogens with zero attached hydrogens (tertiary/aromatic N) is 1. The molecule has 0 saturated carbocycles. The van der Waals surface area contributed by atoms with E-state index in [0.29, 0.717) is 22.4 Å². The van der Waals surface area contributed by atoms with Crippen LogP contribution in [-0.2, 0) is 11.3 Å². The minimum absolute atomic E-state index is 0.0657. The van der Waals surface area contributed by atoms with Crippen molar-refractivity contribution in [1.82, 2.24) is 9.88 Å². The lowest BCUT2D eigenvalue weighted by atomic mass is 10.1. The first-order valence-corrected chi connectivity index (χ1v) is 7.28. The fourth-order valence-corrected chi connectivity index (χ4v) is 2.55. The maximum Gasteiger partial charge on any atom is 0.417 e. The van der Waals surface area contributed by atoms with Crippen LogP contribution in [0.3, 0.4) is 0 Å². The normalized spacial score (nSPS) is 14.1. The van der Waals surface area contributed by atoms with Gasteiger partial charge in [-0.1, -0.05) is 12.1 Å². The highest BCUT2D eigenvalue weighted by molar-refractivity contribution is 6.07. The molecule has 1 aromatic heterocycles. The van der Waals surface area contributed by atoms with Gasteiger partial charge in [-0.25, -0.2) is 14.1 Å². The molecule has 1 aliphatic rings. The standard InChI is InChI=1S/C17H17FN2O3/c1-17(2,3)23-16(22)20-9-12-11(15(20)21)8-19-14(12)10-6-4-5-7-13(10)18/h4-8,19H,9H2,1-3H3. The van der Waals surface area contributed by atoms with Crippen LogP contribution in [0.25, 0.3) is 11.3 Å². The highest BCUT2D eigenvalue weighted by atomic mass is 19.1. The van der Waals surface area contributed by atoms with E-state index in [1.54, 1.807) is 39.0 Å². The number of aromatic amines is 1. The molecule has 0 aliphatic carbocycles. The van der Waals surface area contributed by atoms with Gasteiger partial charge in [-0.15, -0.1) is 0 Å². The summed E-state index contributed by atoms with van der Waals surface area (Å²) >= 11 is 0. The van der Waals surface area contributed by atoms with Gasteiger partial charge >= 0.3 is 6.09 Å². The summed E-state index contributed by atoms with van der Waals surface area (Å²) in [6, 6.07) is 6.29. The highest BCUT2D eigenvalue weighted by Crippen LogP contribution is 2.34. The number of fused-ring (bicyclic) bond motifs is 1. The van der Waals surface area contributed by atoms with Crippen LogP contribution in [0.2, 0.25) is 0 Å². The third-order valence-corrected chi connectivity index (χ3v) is 3.54. The Bertz CT molecular complexity index is 789. The third kappa shape index (κ3) is 2.72. The van der Waals surface area contributed by atoms with Crippen molar-refractivity contribution in [2.24, 2.45) is 0 Å². The molecule has 1 aromatic carbocycles. The van der Waals surface area contributed by atoms with E-state index in [2.05, 4.69) is 4.98 Å². The number of carbonyl (C=O) groups is 2. The van der Waals surface area contributed by atoms with E-state index in [-0.39, 0.29) is 12.4 Å². The topological polar surface area (TPSA) is 62.4 Å². The molecule has 0 spiro atoms. The molecule has 3 rings (SSSR count). The zero-order valence-corrected chi connectivity index (χ0v) is 13.1. The van der Waals surface area contributed by atoms with Crippen LogP contribution in [0.5, 0.6) is 0 Å². The van der Waals surface area contributed by atoms with Gasteiger partial charge < -0.3 is 9.72 Å². The highest BCUT2D eigenvalue weighted by Gasteiger charge is 2.37. The zero-order chi connectivity index (χ0) is 16.8. The second-order valence-electron chi connectivity index (χ2n) is 6.41. The van der Waals surface area contributed by atoms with Gasteiger partial charge in [-0.2, -0.15) is 0 Å². The van der Waals surface area contributed by atoms with Gasteiger partial charge in [0.25, 0.3) is 5.91 Å². The number of hydrogen-bond donors (Lipinski definition) is 1. The third-order valence-electron chi connectivity index (χ3n) is 3.54. The van der Waals surface area contributed by atoms with Crippen molar-refractivity contribution in [2.45, 2.75) is 32.9 Å². The molecule has 0 saturated heterocycles. The number of aromatic nitrogens is 1. The maximum absolute atomic E-state index is 14.0. The SMILES string of the molecule is CC(C)(C)OC(=O)N1Cc2c(c[nH]c2-c2ccccc2F)C1=O. The Morgan fingerprint density at radius 3 is 2.61 bits per heavy atom. The number of ether oxygens (including phenoxy) is 1. The largest absolute Gasteiger partial charge is 0.443 e. The van der Waals surface area contributed by atoms with E-state index in [4.69, 9.17) is 4.74 Å². The minimum atomic E-state index is -0.696. The van der Waals surface area contributed by atoms with Gasteiger partial charge in [-0.3, -0.25) is 4.79 Å². The van der Waals surface area contributed by atoms with Crippen molar-refractivity contribution in [3.63, 3.8) is 0 Å². The molecule has 5 nitrogen and oxygen atoms in total. The van der Waals surface area contributed by atoms with Crippen LogP contribution < -0.4 is 0 Å². The molecule has 0 atom stereocenters. The predicted octanol–water partition coefficient (Wildman–Crippen LogP) is 3.71. The van der Waals surface area contributed by atoms with Crippen molar-refractivity contribution in [2.75, 3.05) is 0 Å². The summed E-state index contributed by atoms with van der Waals surface area (Å²) < 4.78 is 19.2. The van der Waals surface area contributed by atoms with Gasteiger partial charge in [0.1, 0.15) is 11.4 Å². The molecular formula is C17H17FN2O3. The molecule has 2 aromatic rings. The molecule has 6 heteroatoms. The van der Waals surface area contributed by atoms with Crippen molar-refractivity contribution in [3.8, 4) is 11.3 Å². The molecular weight excluding hydrogens is 299 g/mol. The predicted molar refractivity (Wildman–Crippen MR) is 82.3 cm³/mol. The number of carbonyl (C=O) groups excluding carboxylic acids is 2. The molecule has 0 fully saturated rings. The van der Waals surface area contributed by atoms with E-state index in [1.165, 1.54) is 12.3 Å². The molecule has 120 valence electrons. The van der Waals surface area contributed by atoms with Crippen LogP contribution in [0.1, 0.15) is 36.7 Å². The molecule has 2 heterocycles. The molecule has 1 N–H and O–H groups in total. The quantitative estimate of drug-likeness (QED) is 0.872. The van der Waals surface area contributed by atoms with Crippen molar-refractivity contribution in [3.05, 3.63) is 47.4 Å². The van der Waals surface area contributed by atoms with Crippen LogP contribution in [0.4, 0.5) is 9.18 Å². The fourth-order valence-electron chi connectivity index (χ4n) is 2.55. The smallest absolute Gasteiger partial charge is 0.417 e. The molecule has 0 bridgehead atoms. The molecule has 1 aliphatic heterocycles. The van der Waals surface area contributed by atoms with Gasteiger partial charge in [0.15, 0.2) is 0 Å². The average Bonchev–Trinajstić information content (AvgIpc) is 2.99. The first-order chi connectivity index (χ1) is 10.8.